The van der Waals surface area contributed by atoms with Crippen LogP contribution in [0.5, 0.6) is 0 Å². The van der Waals surface area contributed by atoms with Crippen LogP contribution in [0.3, 0.4) is 0 Å². The molecule has 1 fully saturated rings. The van der Waals surface area contributed by atoms with Crippen LogP contribution in [0, 0.1) is 10.1 Å². The molecule has 1 saturated heterocycles. The second-order valence-electron chi connectivity index (χ2n) is 5.94. The molecule has 3 rings (SSSR count). The van der Waals surface area contributed by atoms with Gasteiger partial charge in [-0.2, -0.15) is 4.31 Å². The summed E-state index contributed by atoms with van der Waals surface area (Å²) in [7, 11) is -3.52. The van der Waals surface area contributed by atoms with Crippen molar-refractivity contribution in [1.29, 1.82) is 0 Å². The zero-order valence-electron chi connectivity index (χ0n) is 14.3. The molecule has 1 N–H and O–H groups in total. The lowest BCUT2D eigenvalue weighted by Gasteiger charge is -2.26. The Morgan fingerprint density at radius 1 is 1.15 bits per heavy atom. The molecule has 0 aliphatic carbocycles. The van der Waals surface area contributed by atoms with E-state index in [1.807, 2.05) is 0 Å². The van der Waals surface area contributed by atoms with Gasteiger partial charge in [0.25, 0.3) is 5.69 Å². The minimum Gasteiger partial charge on any atom is -0.380 e. The van der Waals surface area contributed by atoms with Crippen LogP contribution in [0.4, 0.5) is 11.4 Å². The highest BCUT2D eigenvalue weighted by Crippen LogP contribution is 2.27. The number of halogens is 1. The van der Waals surface area contributed by atoms with Gasteiger partial charge in [0.2, 0.25) is 10.0 Å². The number of sulfonamides is 1. The Hall–Kier alpha value is -2.20. The van der Waals surface area contributed by atoms with E-state index in [0.717, 1.165) is 5.56 Å². The number of nitro groups is 1. The van der Waals surface area contributed by atoms with Crippen molar-refractivity contribution in [3.05, 3.63) is 63.2 Å². The number of nitrogens with one attached hydrogen (secondary N) is 1. The SMILES string of the molecule is O=[N+]([O-])c1ccc(NCc2ccc(S(=O)(=O)N3CCOCC3)cc2)c(Cl)c1. The Bertz CT molecular complexity index is 928. The highest BCUT2D eigenvalue weighted by Gasteiger charge is 2.26. The molecule has 1 heterocycles. The first-order valence-corrected chi connectivity index (χ1v) is 10.0. The summed E-state index contributed by atoms with van der Waals surface area (Å²) in [6.45, 7) is 1.90. The second-order valence-corrected chi connectivity index (χ2v) is 8.28. The molecule has 0 radical (unpaired) electrons. The molecule has 0 amide bonds. The Balaban J connectivity index is 1.67. The van der Waals surface area contributed by atoms with Crippen LogP contribution in [0.1, 0.15) is 5.56 Å². The third-order valence-electron chi connectivity index (χ3n) is 4.18. The Labute approximate surface area is 161 Å². The van der Waals surface area contributed by atoms with Gasteiger partial charge in [0.15, 0.2) is 0 Å². The number of hydrogen-bond acceptors (Lipinski definition) is 6. The van der Waals surface area contributed by atoms with Crippen molar-refractivity contribution in [2.75, 3.05) is 31.6 Å². The summed E-state index contributed by atoms with van der Waals surface area (Å²) in [5, 5.41) is 14.1. The van der Waals surface area contributed by atoms with Crippen LogP contribution < -0.4 is 5.32 Å². The fraction of sp³-hybridized carbons (Fsp3) is 0.294. The molecular formula is C17H18ClN3O5S. The first kappa shape index (κ1) is 19.6. The molecule has 0 spiro atoms. The van der Waals surface area contributed by atoms with Gasteiger partial charge in [0.05, 0.1) is 33.7 Å². The zero-order valence-corrected chi connectivity index (χ0v) is 15.9. The maximum atomic E-state index is 12.6. The van der Waals surface area contributed by atoms with Gasteiger partial charge in [-0.3, -0.25) is 10.1 Å². The third-order valence-corrected chi connectivity index (χ3v) is 6.40. The van der Waals surface area contributed by atoms with E-state index in [9.17, 15) is 18.5 Å². The average molecular weight is 412 g/mol. The van der Waals surface area contributed by atoms with Gasteiger partial charge in [-0.25, -0.2) is 8.42 Å². The van der Waals surface area contributed by atoms with E-state index in [1.54, 1.807) is 24.3 Å². The van der Waals surface area contributed by atoms with E-state index >= 15 is 0 Å². The van der Waals surface area contributed by atoms with Gasteiger partial charge in [0, 0.05) is 31.8 Å². The molecule has 144 valence electrons. The fourth-order valence-electron chi connectivity index (χ4n) is 2.67. The molecular weight excluding hydrogens is 394 g/mol. The number of ether oxygens (including phenoxy) is 1. The van der Waals surface area contributed by atoms with Crippen molar-refractivity contribution in [3.63, 3.8) is 0 Å². The topological polar surface area (TPSA) is 102 Å². The molecule has 0 unspecified atom stereocenters. The normalized spacial score (nSPS) is 15.4. The zero-order chi connectivity index (χ0) is 19.4. The van der Waals surface area contributed by atoms with Gasteiger partial charge in [-0.1, -0.05) is 23.7 Å². The van der Waals surface area contributed by atoms with E-state index in [1.165, 1.54) is 22.5 Å². The molecule has 2 aromatic carbocycles. The van der Waals surface area contributed by atoms with Gasteiger partial charge in [0.1, 0.15) is 0 Å². The van der Waals surface area contributed by atoms with E-state index in [0.29, 0.717) is 38.5 Å². The van der Waals surface area contributed by atoms with Gasteiger partial charge >= 0.3 is 0 Å². The minimum absolute atomic E-state index is 0.0803. The first-order valence-electron chi connectivity index (χ1n) is 8.22. The number of non-ortho nitro benzene ring substituents is 1. The van der Waals surface area contributed by atoms with Crippen LogP contribution in [0.2, 0.25) is 5.02 Å². The lowest BCUT2D eigenvalue weighted by molar-refractivity contribution is -0.384. The van der Waals surface area contributed by atoms with Crippen LogP contribution in [-0.4, -0.2) is 43.9 Å². The summed E-state index contributed by atoms with van der Waals surface area (Å²) in [5.41, 5.74) is 1.33. The largest absolute Gasteiger partial charge is 0.380 e. The lowest BCUT2D eigenvalue weighted by Crippen LogP contribution is -2.40. The molecule has 10 heteroatoms. The summed E-state index contributed by atoms with van der Waals surface area (Å²) in [6, 6.07) is 10.8. The summed E-state index contributed by atoms with van der Waals surface area (Å²) in [6.07, 6.45) is 0. The van der Waals surface area contributed by atoms with Crippen LogP contribution in [-0.2, 0) is 21.3 Å². The van der Waals surface area contributed by atoms with Crippen molar-refractivity contribution in [2.45, 2.75) is 11.4 Å². The van der Waals surface area contributed by atoms with Crippen molar-refractivity contribution in [3.8, 4) is 0 Å². The lowest BCUT2D eigenvalue weighted by atomic mass is 10.2. The highest BCUT2D eigenvalue weighted by atomic mass is 35.5. The molecule has 0 atom stereocenters. The summed E-state index contributed by atoms with van der Waals surface area (Å²) in [5.74, 6) is 0. The van der Waals surface area contributed by atoms with Crippen molar-refractivity contribution in [2.24, 2.45) is 0 Å². The fourth-order valence-corrected chi connectivity index (χ4v) is 4.32. The smallest absolute Gasteiger partial charge is 0.271 e. The maximum absolute atomic E-state index is 12.6. The van der Waals surface area contributed by atoms with Crippen molar-refractivity contribution >= 4 is 33.0 Å². The van der Waals surface area contributed by atoms with E-state index < -0.39 is 14.9 Å². The Morgan fingerprint density at radius 3 is 2.41 bits per heavy atom. The van der Waals surface area contributed by atoms with E-state index in [-0.39, 0.29) is 15.6 Å². The molecule has 1 aliphatic heterocycles. The highest BCUT2D eigenvalue weighted by molar-refractivity contribution is 7.89. The standard InChI is InChI=1S/C17H18ClN3O5S/c18-16-11-14(21(22)23)3-6-17(16)19-12-13-1-4-15(5-2-13)27(24,25)20-7-9-26-10-8-20/h1-6,11,19H,7-10,12H2. The summed E-state index contributed by atoms with van der Waals surface area (Å²) >= 11 is 6.05. The molecule has 1 aliphatic rings. The van der Waals surface area contributed by atoms with Gasteiger partial charge < -0.3 is 10.1 Å². The molecule has 0 aromatic heterocycles. The molecule has 8 nitrogen and oxygen atoms in total. The van der Waals surface area contributed by atoms with Gasteiger partial charge in [-0.15, -0.1) is 0 Å². The summed E-state index contributed by atoms with van der Waals surface area (Å²) < 4.78 is 31.8. The van der Waals surface area contributed by atoms with Crippen LogP contribution in [0.15, 0.2) is 47.4 Å². The second kappa shape index (κ2) is 8.22. The quantitative estimate of drug-likeness (QED) is 0.579. The summed E-state index contributed by atoms with van der Waals surface area (Å²) in [4.78, 5) is 10.5. The predicted molar refractivity (Wildman–Crippen MR) is 101 cm³/mol. The molecule has 2 aromatic rings. The minimum atomic E-state index is -3.52. The number of nitro benzene ring substituents is 1. The average Bonchev–Trinajstić information content (AvgIpc) is 2.68. The third kappa shape index (κ3) is 4.56. The number of rotatable bonds is 6. The Morgan fingerprint density at radius 2 is 1.81 bits per heavy atom. The number of hydrogen-bond donors (Lipinski definition) is 1. The maximum Gasteiger partial charge on any atom is 0.271 e. The number of morpholine rings is 1. The predicted octanol–water partition coefficient (Wildman–Crippen LogP) is 2.88. The number of nitrogens with zero attached hydrogens (tertiary/aromatic N) is 2. The Kier molecular flexibility index (Phi) is 5.95. The monoisotopic (exact) mass is 411 g/mol. The number of anilines is 1. The molecule has 0 saturated carbocycles. The van der Waals surface area contributed by atoms with Crippen molar-refractivity contribution < 1.29 is 18.1 Å². The van der Waals surface area contributed by atoms with Crippen molar-refractivity contribution in [1.82, 2.24) is 4.31 Å². The van der Waals surface area contributed by atoms with E-state index in [2.05, 4.69) is 5.32 Å². The first-order chi connectivity index (χ1) is 12.9. The van der Waals surface area contributed by atoms with Crippen LogP contribution in [0.25, 0.3) is 0 Å². The molecule has 27 heavy (non-hydrogen) atoms. The number of benzene rings is 2. The van der Waals surface area contributed by atoms with Crippen LogP contribution >= 0.6 is 11.6 Å². The molecule has 0 bridgehead atoms. The van der Waals surface area contributed by atoms with E-state index in [4.69, 9.17) is 16.3 Å². The van der Waals surface area contributed by atoms with Gasteiger partial charge in [-0.05, 0) is 23.8 Å².